The van der Waals surface area contributed by atoms with Gasteiger partial charge >= 0.3 is 0 Å². The third-order valence-corrected chi connectivity index (χ3v) is 4.73. The molecule has 0 fully saturated rings. The van der Waals surface area contributed by atoms with Crippen LogP contribution in [0.15, 0.2) is 71.5 Å². The van der Waals surface area contributed by atoms with Crippen molar-refractivity contribution in [2.24, 2.45) is 7.05 Å². The second kappa shape index (κ2) is 8.75. The molecule has 148 valence electrons. The predicted octanol–water partition coefficient (Wildman–Crippen LogP) is 3.46. The first kappa shape index (κ1) is 20.4. The van der Waals surface area contributed by atoms with Crippen LogP contribution < -0.4 is 16.2 Å². The number of carbonyl (C=O) groups is 2. The number of hydrogen-bond acceptors (Lipinski definition) is 3. The maximum Gasteiger partial charge on any atom is 0.251 e. The summed E-state index contributed by atoms with van der Waals surface area (Å²) in [4.78, 5) is 36.4. The number of nitrogens with one attached hydrogen (secondary N) is 2. The minimum absolute atomic E-state index is 0.0925. The number of pyridine rings is 1. The number of benzene rings is 2. The molecule has 6 nitrogen and oxygen atoms in total. The molecule has 0 aliphatic carbocycles. The van der Waals surface area contributed by atoms with E-state index in [9.17, 15) is 14.4 Å². The molecule has 0 saturated heterocycles. The SMILES string of the molecule is C[C@@H](NC(=O)c1ccc(Cl)cc1)C(=O)Nc1ccc(-c2cccc(=O)n2C)cc1. The van der Waals surface area contributed by atoms with Crippen molar-refractivity contribution in [2.75, 3.05) is 5.32 Å². The lowest BCUT2D eigenvalue weighted by molar-refractivity contribution is -0.117. The van der Waals surface area contributed by atoms with Gasteiger partial charge in [0.25, 0.3) is 11.5 Å². The van der Waals surface area contributed by atoms with Gasteiger partial charge in [0.1, 0.15) is 6.04 Å². The Labute approximate surface area is 173 Å². The van der Waals surface area contributed by atoms with Crippen molar-refractivity contribution < 1.29 is 9.59 Å². The standard InChI is InChI=1S/C22H20ClN3O3/c1-14(24-22(29)16-6-10-17(23)11-7-16)21(28)25-18-12-8-15(9-13-18)19-4-3-5-20(27)26(19)2/h3-14H,1-2H3,(H,24,29)(H,25,28)/t14-/m1/s1. The predicted molar refractivity (Wildman–Crippen MR) is 114 cm³/mol. The Morgan fingerprint density at radius 2 is 1.62 bits per heavy atom. The summed E-state index contributed by atoms with van der Waals surface area (Å²) in [5.41, 5.74) is 2.55. The van der Waals surface area contributed by atoms with Gasteiger partial charge in [-0.05, 0) is 55.0 Å². The number of anilines is 1. The highest BCUT2D eigenvalue weighted by molar-refractivity contribution is 6.30. The summed E-state index contributed by atoms with van der Waals surface area (Å²) in [6, 6.07) is 17.9. The van der Waals surface area contributed by atoms with Crippen LogP contribution in [0.2, 0.25) is 5.02 Å². The quantitative estimate of drug-likeness (QED) is 0.677. The fraction of sp³-hybridized carbons (Fsp3) is 0.136. The van der Waals surface area contributed by atoms with E-state index in [0.29, 0.717) is 16.3 Å². The van der Waals surface area contributed by atoms with E-state index in [4.69, 9.17) is 11.6 Å². The van der Waals surface area contributed by atoms with Gasteiger partial charge in [-0.2, -0.15) is 0 Å². The van der Waals surface area contributed by atoms with Crippen LogP contribution in [0.5, 0.6) is 0 Å². The lowest BCUT2D eigenvalue weighted by Gasteiger charge is -2.15. The monoisotopic (exact) mass is 409 g/mol. The van der Waals surface area contributed by atoms with E-state index in [1.807, 2.05) is 18.2 Å². The van der Waals surface area contributed by atoms with E-state index in [1.54, 1.807) is 61.0 Å². The van der Waals surface area contributed by atoms with Crippen LogP contribution in [0.25, 0.3) is 11.3 Å². The number of aromatic nitrogens is 1. The lowest BCUT2D eigenvalue weighted by Crippen LogP contribution is -2.41. The molecule has 3 aromatic rings. The van der Waals surface area contributed by atoms with Crippen LogP contribution in [-0.2, 0) is 11.8 Å². The molecule has 2 aromatic carbocycles. The summed E-state index contributed by atoms with van der Waals surface area (Å²) in [5.74, 6) is -0.697. The number of halogens is 1. The molecule has 0 aliphatic heterocycles. The summed E-state index contributed by atoms with van der Waals surface area (Å²) in [7, 11) is 1.71. The normalized spacial score (nSPS) is 11.6. The van der Waals surface area contributed by atoms with Gasteiger partial charge in [0, 0.05) is 29.4 Å². The zero-order chi connectivity index (χ0) is 21.0. The number of amides is 2. The van der Waals surface area contributed by atoms with Gasteiger partial charge in [0.2, 0.25) is 5.91 Å². The molecule has 0 bridgehead atoms. The van der Waals surface area contributed by atoms with Gasteiger partial charge in [0.05, 0.1) is 5.69 Å². The van der Waals surface area contributed by atoms with Crippen molar-refractivity contribution in [2.45, 2.75) is 13.0 Å². The number of hydrogen-bond donors (Lipinski definition) is 2. The number of rotatable bonds is 5. The largest absolute Gasteiger partial charge is 0.341 e. The Kier molecular flexibility index (Phi) is 6.14. The van der Waals surface area contributed by atoms with E-state index in [0.717, 1.165) is 11.3 Å². The van der Waals surface area contributed by atoms with Crippen LogP contribution >= 0.6 is 11.6 Å². The molecule has 0 unspecified atom stereocenters. The fourth-order valence-electron chi connectivity index (χ4n) is 2.78. The molecule has 3 rings (SSSR count). The summed E-state index contributed by atoms with van der Waals surface area (Å²) in [6.45, 7) is 1.61. The van der Waals surface area contributed by atoms with Gasteiger partial charge in [-0.15, -0.1) is 0 Å². The number of carbonyl (C=O) groups excluding carboxylic acids is 2. The van der Waals surface area contributed by atoms with Crippen LogP contribution in [0, 0.1) is 0 Å². The maximum absolute atomic E-state index is 12.4. The minimum atomic E-state index is -0.729. The first-order valence-corrected chi connectivity index (χ1v) is 9.37. The van der Waals surface area contributed by atoms with Gasteiger partial charge < -0.3 is 15.2 Å². The van der Waals surface area contributed by atoms with Crippen molar-refractivity contribution in [3.8, 4) is 11.3 Å². The zero-order valence-corrected chi connectivity index (χ0v) is 16.7. The first-order valence-electron chi connectivity index (χ1n) is 8.99. The van der Waals surface area contributed by atoms with E-state index >= 15 is 0 Å². The van der Waals surface area contributed by atoms with Crippen LogP contribution in [0.4, 0.5) is 5.69 Å². The third kappa shape index (κ3) is 4.92. The van der Waals surface area contributed by atoms with Gasteiger partial charge in [-0.1, -0.05) is 29.8 Å². The molecule has 7 heteroatoms. The molecule has 2 N–H and O–H groups in total. The van der Waals surface area contributed by atoms with Crippen LogP contribution in [0.3, 0.4) is 0 Å². The minimum Gasteiger partial charge on any atom is -0.341 e. The zero-order valence-electron chi connectivity index (χ0n) is 16.0. The van der Waals surface area contributed by atoms with Crippen molar-refractivity contribution in [1.82, 2.24) is 9.88 Å². The second-order valence-corrected chi connectivity index (χ2v) is 7.01. The molecule has 2 amide bonds. The second-order valence-electron chi connectivity index (χ2n) is 6.58. The average Bonchev–Trinajstić information content (AvgIpc) is 2.71. The molecule has 0 spiro atoms. The van der Waals surface area contributed by atoms with Crippen LogP contribution in [-0.4, -0.2) is 22.4 Å². The van der Waals surface area contributed by atoms with E-state index in [-0.39, 0.29) is 17.4 Å². The van der Waals surface area contributed by atoms with Gasteiger partial charge in [-0.25, -0.2) is 0 Å². The van der Waals surface area contributed by atoms with E-state index in [2.05, 4.69) is 10.6 Å². The Bertz CT molecular complexity index is 1090. The fourth-order valence-corrected chi connectivity index (χ4v) is 2.90. The molecule has 0 aliphatic rings. The number of nitrogens with zero attached hydrogens (tertiary/aromatic N) is 1. The van der Waals surface area contributed by atoms with E-state index in [1.165, 1.54) is 6.07 Å². The highest BCUT2D eigenvalue weighted by Gasteiger charge is 2.17. The van der Waals surface area contributed by atoms with Crippen molar-refractivity contribution in [3.05, 3.63) is 87.7 Å². The Morgan fingerprint density at radius 3 is 2.28 bits per heavy atom. The highest BCUT2D eigenvalue weighted by Crippen LogP contribution is 2.20. The van der Waals surface area contributed by atoms with Gasteiger partial charge in [-0.3, -0.25) is 14.4 Å². The van der Waals surface area contributed by atoms with Gasteiger partial charge in [0.15, 0.2) is 0 Å². The summed E-state index contributed by atoms with van der Waals surface area (Å²) in [5, 5.41) is 5.96. The molecule has 1 heterocycles. The smallest absolute Gasteiger partial charge is 0.251 e. The Morgan fingerprint density at radius 1 is 0.966 bits per heavy atom. The molecule has 1 aromatic heterocycles. The first-order chi connectivity index (χ1) is 13.8. The Hall–Kier alpha value is -3.38. The molecule has 0 radical (unpaired) electrons. The molecular weight excluding hydrogens is 390 g/mol. The summed E-state index contributed by atoms with van der Waals surface area (Å²) in [6.07, 6.45) is 0. The summed E-state index contributed by atoms with van der Waals surface area (Å²) < 4.78 is 1.56. The van der Waals surface area contributed by atoms with E-state index < -0.39 is 6.04 Å². The Balaban J connectivity index is 1.64. The molecule has 0 saturated carbocycles. The van der Waals surface area contributed by atoms with Crippen molar-refractivity contribution >= 4 is 29.1 Å². The topological polar surface area (TPSA) is 80.2 Å². The summed E-state index contributed by atoms with van der Waals surface area (Å²) >= 11 is 5.82. The third-order valence-electron chi connectivity index (χ3n) is 4.48. The molecule has 1 atom stereocenters. The molecule has 29 heavy (non-hydrogen) atoms. The maximum atomic E-state index is 12.4. The van der Waals surface area contributed by atoms with Crippen LogP contribution in [0.1, 0.15) is 17.3 Å². The lowest BCUT2D eigenvalue weighted by atomic mass is 10.1. The molecular formula is C22H20ClN3O3. The van der Waals surface area contributed by atoms with Crippen molar-refractivity contribution in [3.63, 3.8) is 0 Å². The average molecular weight is 410 g/mol. The van der Waals surface area contributed by atoms with Crippen molar-refractivity contribution in [1.29, 1.82) is 0 Å². The highest BCUT2D eigenvalue weighted by atomic mass is 35.5.